The first kappa shape index (κ1) is 23.2. The SMILES string of the molecule is O=C(Nc1cnn(-c2cccc(C(=O)Nc3nc(-c4ccncc4)cs3)c2)c1)Nc1ccccc1Cl. The van der Waals surface area contributed by atoms with Crippen LogP contribution in [0.5, 0.6) is 0 Å². The van der Waals surface area contributed by atoms with Crippen LogP contribution >= 0.6 is 22.9 Å². The maximum absolute atomic E-state index is 12.8. The van der Waals surface area contributed by atoms with E-state index in [-0.39, 0.29) is 5.91 Å². The topological polar surface area (TPSA) is 114 Å². The van der Waals surface area contributed by atoms with Crippen LogP contribution in [0.1, 0.15) is 10.4 Å². The molecule has 2 aromatic carbocycles. The van der Waals surface area contributed by atoms with Crippen LogP contribution in [0, 0.1) is 0 Å². The van der Waals surface area contributed by atoms with Gasteiger partial charge >= 0.3 is 6.03 Å². The number of nitrogens with zero attached hydrogens (tertiary/aromatic N) is 4. The fraction of sp³-hybridized carbons (Fsp3) is 0. The lowest BCUT2D eigenvalue weighted by Gasteiger charge is -2.07. The van der Waals surface area contributed by atoms with E-state index in [0.29, 0.717) is 32.8 Å². The van der Waals surface area contributed by atoms with Gasteiger partial charge in [0, 0.05) is 28.9 Å². The number of carbonyl (C=O) groups is 2. The Morgan fingerprint density at radius 3 is 2.61 bits per heavy atom. The normalized spacial score (nSPS) is 10.6. The number of amides is 3. The molecule has 0 atom stereocenters. The van der Waals surface area contributed by atoms with E-state index in [1.807, 2.05) is 23.6 Å². The van der Waals surface area contributed by atoms with Crippen LogP contribution < -0.4 is 16.0 Å². The van der Waals surface area contributed by atoms with Gasteiger partial charge in [-0.1, -0.05) is 29.8 Å². The third-order valence-electron chi connectivity index (χ3n) is 5.04. The molecule has 0 aliphatic carbocycles. The zero-order chi connectivity index (χ0) is 24.9. The van der Waals surface area contributed by atoms with Crippen LogP contribution in [0.2, 0.25) is 5.02 Å². The van der Waals surface area contributed by atoms with Crippen molar-refractivity contribution in [3.63, 3.8) is 0 Å². The van der Waals surface area contributed by atoms with Gasteiger partial charge in [0.25, 0.3) is 5.91 Å². The summed E-state index contributed by atoms with van der Waals surface area (Å²) in [5.41, 5.74) is 3.75. The predicted molar refractivity (Wildman–Crippen MR) is 141 cm³/mol. The number of rotatable bonds is 6. The average Bonchev–Trinajstić information content (AvgIpc) is 3.56. The Balaban J connectivity index is 1.25. The molecule has 0 saturated heterocycles. The monoisotopic (exact) mass is 515 g/mol. The van der Waals surface area contributed by atoms with E-state index in [2.05, 4.69) is 31.0 Å². The number of pyridine rings is 1. The number of hydrogen-bond acceptors (Lipinski definition) is 6. The molecule has 0 spiro atoms. The van der Waals surface area contributed by atoms with Crippen LogP contribution in [-0.2, 0) is 0 Å². The summed E-state index contributed by atoms with van der Waals surface area (Å²) < 4.78 is 1.56. The zero-order valence-corrected chi connectivity index (χ0v) is 20.1. The molecule has 3 heterocycles. The summed E-state index contributed by atoms with van der Waals surface area (Å²) in [6.45, 7) is 0. The maximum atomic E-state index is 12.8. The average molecular weight is 516 g/mol. The fourth-order valence-electron chi connectivity index (χ4n) is 3.32. The van der Waals surface area contributed by atoms with Crippen molar-refractivity contribution >= 4 is 51.4 Å². The molecule has 0 saturated carbocycles. The van der Waals surface area contributed by atoms with E-state index in [1.165, 1.54) is 17.5 Å². The number of nitrogens with one attached hydrogen (secondary N) is 3. The van der Waals surface area contributed by atoms with Crippen molar-refractivity contribution < 1.29 is 9.59 Å². The summed E-state index contributed by atoms with van der Waals surface area (Å²) in [5.74, 6) is -0.294. The van der Waals surface area contributed by atoms with Crippen LogP contribution in [0.3, 0.4) is 0 Å². The summed E-state index contributed by atoms with van der Waals surface area (Å²) in [5, 5.41) is 15.3. The molecule has 36 heavy (non-hydrogen) atoms. The molecule has 0 unspecified atom stereocenters. The molecule has 9 nitrogen and oxygen atoms in total. The maximum Gasteiger partial charge on any atom is 0.323 e. The number of benzene rings is 2. The minimum absolute atomic E-state index is 0.294. The minimum atomic E-state index is -0.453. The molecular weight excluding hydrogens is 498 g/mol. The zero-order valence-electron chi connectivity index (χ0n) is 18.6. The number of thiazole rings is 1. The second-order valence-corrected chi connectivity index (χ2v) is 8.78. The second-order valence-electron chi connectivity index (χ2n) is 7.51. The van der Waals surface area contributed by atoms with Crippen molar-refractivity contribution in [1.82, 2.24) is 19.7 Å². The summed E-state index contributed by atoms with van der Waals surface area (Å²) >= 11 is 7.42. The quantitative estimate of drug-likeness (QED) is 0.259. The highest BCUT2D eigenvalue weighted by atomic mass is 35.5. The van der Waals surface area contributed by atoms with Gasteiger partial charge in [-0.25, -0.2) is 14.5 Å². The van der Waals surface area contributed by atoms with E-state index in [1.54, 1.807) is 65.7 Å². The molecule has 0 bridgehead atoms. The van der Waals surface area contributed by atoms with Crippen LogP contribution in [-0.4, -0.2) is 31.7 Å². The smallest absolute Gasteiger partial charge is 0.306 e. The number of hydrogen-bond donors (Lipinski definition) is 3. The van der Waals surface area contributed by atoms with Crippen molar-refractivity contribution in [2.75, 3.05) is 16.0 Å². The molecule has 0 radical (unpaired) electrons. The molecule has 3 aromatic heterocycles. The summed E-state index contributed by atoms with van der Waals surface area (Å²) in [7, 11) is 0. The third kappa shape index (κ3) is 5.40. The molecule has 5 rings (SSSR count). The largest absolute Gasteiger partial charge is 0.323 e. The van der Waals surface area contributed by atoms with Crippen LogP contribution in [0.4, 0.5) is 21.3 Å². The first-order chi connectivity index (χ1) is 17.5. The van der Waals surface area contributed by atoms with E-state index < -0.39 is 6.03 Å². The predicted octanol–water partition coefficient (Wildman–Crippen LogP) is 5.94. The highest BCUT2D eigenvalue weighted by Crippen LogP contribution is 2.25. The van der Waals surface area contributed by atoms with E-state index >= 15 is 0 Å². The van der Waals surface area contributed by atoms with Crippen molar-refractivity contribution in [3.8, 4) is 16.9 Å². The van der Waals surface area contributed by atoms with Crippen molar-refractivity contribution in [1.29, 1.82) is 0 Å². The van der Waals surface area contributed by atoms with Crippen LogP contribution in [0.25, 0.3) is 16.9 Å². The van der Waals surface area contributed by atoms with E-state index in [4.69, 9.17) is 11.6 Å². The Morgan fingerprint density at radius 2 is 1.78 bits per heavy atom. The molecule has 0 aliphatic heterocycles. The molecule has 11 heteroatoms. The lowest BCUT2D eigenvalue weighted by molar-refractivity contribution is 0.102. The Labute approximate surface area is 214 Å². The number of urea groups is 1. The third-order valence-corrected chi connectivity index (χ3v) is 6.12. The first-order valence-corrected chi connectivity index (χ1v) is 12.0. The Kier molecular flexibility index (Phi) is 6.69. The van der Waals surface area contributed by atoms with Gasteiger partial charge in [0.15, 0.2) is 5.13 Å². The number of carbonyl (C=O) groups excluding carboxylic acids is 2. The molecule has 5 aromatic rings. The molecule has 178 valence electrons. The van der Waals surface area contributed by atoms with Gasteiger partial charge in [-0.2, -0.15) is 5.10 Å². The Morgan fingerprint density at radius 1 is 0.944 bits per heavy atom. The number of aromatic nitrogens is 4. The van der Waals surface area contributed by atoms with Gasteiger partial charge in [-0.05, 0) is 42.5 Å². The molecular formula is C25H18ClN7O2S. The standard InChI is InChI=1S/C25H18ClN7O2S/c26-20-6-1-2-7-21(20)30-24(35)29-18-13-28-33(14-18)19-5-3-4-17(12-19)23(34)32-25-31-22(15-36-25)16-8-10-27-11-9-16/h1-15H,(H2,29,30,35)(H,31,32,34). The summed E-state index contributed by atoms with van der Waals surface area (Å²) in [4.78, 5) is 33.6. The number of halogens is 1. The minimum Gasteiger partial charge on any atom is -0.306 e. The Bertz CT molecular complexity index is 1530. The fourth-order valence-corrected chi connectivity index (χ4v) is 4.22. The van der Waals surface area contributed by atoms with E-state index in [0.717, 1.165) is 11.3 Å². The van der Waals surface area contributed by atoms with Gasteiger partial charge in [-0.15, -0.1) is 11.3 Å². The molecule has 0 aliphatic rings. The molecule has 0 fully saturated rings. The van der Waals surface area contributed by atoms with Crippen molar-refractivity contribution in [2.45, 2.75) is 0 Å². The molecule has 3 N–H and O–H groups in total. The summed E-state index contributed by atoms with van der Waals surface area (Å²) in [6, 6.07) is 17.2. The van der Waals surface area contributed by atoms with Gasteiger partial charge in [-0.3, -0.25) is 15.1 Å². The second kappa shape index (κ2) is 10.4. The van der Waals surface area contributed by atoms with E-state index in [9.17, 15) is 9.59 Å². The van der Waals surface area contributed by atoms with Gasteiger partial charge in [0.1, 0.15) is 0 Å². The highest BCUT2D eigenvalue weighted by molar-refractivity contribution is 7.14. The Hall–Kier alpha value is -4.54. The number of para-hydroxylation sites is 1. The summed E-state index contributed by atoms with van der Waals surface area (Å²) in [6.07, 6.45) is 6.54. The lowest BCUT2D eigenvalue weighted by atomic mass is 10.2. The van der Waals surface area contributed by atoms with Gasteiger partial charge in [0.2, 0.25) is 0 Å². The van der Waals surface area contributed by atoms with Crippen molar-refractivity contribution in [2.24, 2.45) is 0 Å². The first-order valence-electron chi connectivity index (χ1n) is 10.7. The highest BCUT2D eigenvalue weighted by Gasteiger charge is 2.12. The van der Waals surface area contributed by atoms with Gasteiger partial charge < -0.3 is 10.6 Å². The lowest BCUT2D eigenvalue weighted by Crippen LogP contribution is -2.19. The van der Waals surface area contributed by atoms with Crippen molar-refractivity contribution in [3.05, 3.63) is 101 Å². The molecule has 3 amide bonds. The number of anilines is 3. The van der Waals surface area contributed by atoms with Gasteiger partial charge in [0.05, 0.1) is 40.2 Å². The van der Waals surface area contributed by atoms with Crippen LogP contribution in [0.15, 0.2) is 90.8 Å².